The van der Waals surface area contributed by atoms with Crippen LogP contribution in [-0.2, 0) is 12.7 Å². The summed E-state index contributed by atoms with van der Waals surface area (Å²) >= 11 is 0.989. The van der Waals surface area contributed by atoms with E-state index in [1.807, 2.05) is 6.92 Å². The molecule has 8 heteroatoms. The van der Waals surface area contributed by atoms with Gasteiger partial charge in [-0.25, -0.2) is 9.98 Å². The zero-order valence-corrected chi connectivity index (χ0v) is 14.2. The number of hydrogen-bond acceptors (Lipinski definition) is 3. The third-order valence-electron chi connectivity index (χ3n) is 3.92. The molecule has 0 aliphatic heterocycles. The van der Waals surface area contributed by atoms with Crippen molar-refractivity contribution in [2.24, 2.45) is 10.9 Å². The van der Waals surface area contributed by atoms with E-state index in [-0.39, 0.29) is 6.54 Å². The number of thiazole rings is 1. The Morgan fingerprint density at radius 2 is 2.04 bits per heavy atom. The van der Waals surface area contributed by atoms with Crippen molar-refractivity contribution in [3.05, 3.63) is 16.1 Å². The second-order valence-corrected chi connectivity index (χ2v) is 6.86. The minimum Gasteiger partial charge on any atom is -0.357 e. The molecule has 1 heterocycles. The third-order valence-corrected chi connectivity index (χ3v) is 4.75. The highest BCUT2D eigenvalue weighted by molar-refractivity contribution is 7.09. The smallest absolute Gasteiger partial charge is 0.357 e. The van der Waals surface area contributed by atoms with Crippen LogP contribution < -0.4 is 10.6 Å². The summed E-state index contributed by atoms with van der Waals surface area (Å²) in [6, 6.07) is 0.381. The summed E-state index contributed by atoms with van der Waals surface area (Å²) in [6.45, 7) is 5.08. The average Bonchev–Trinajstić information content (AvgIpc) is 2.96. The van der Waals surface area contributed by atoms with Crippen LogP contribution in [0.25, 0.3) is 0 Å². The van der Waals surface area contributed by atoms with Gasteiger partial charge in [-0.3, -0.25) is 0 Å². The molecule has 0 saturated heterocycles. The predicted octanol–water partition coefficient (Wildman–Crippen LogP) is 3.80. The van der Waals surface area contributed by atoms with E-state index >= 15 is 0 Å². The maximum Gasteiger partial charge on any atom is 0.434 e. The van der Waals surface area contributed by atoms with Gasteiger partial charge in [-0.15, -0.1) is 11.3 Å². The number of alkyl halides is 3. The number of aromatic nitrogens is 1. The summed E-state index contributed by atoms with van der Waals surface area (Å²) in [5, 5.41) is 7.92. The lowest BCUT2D eigenvalue weighted by Gasteiger charge is -2.28. The Labute approximate surface area is 138 Å². The lowest BCUT2D eigenvalue weighted by Crippen LogP contribution is -2.44. The first-order valence-corrected chi connectivity index (χ1v) is 8.83. The normalized spacial score (nSPS) is 22.9. The molecule has 0 aromatic carbocycles. The van der Waals surface area contributed by atoms with Gasteiger partial charge in [0.1, 0.15) is 5.01 Å². The SMILES string of the molecule is CCNC(=NCc1nc(C(F)(F)F)cs1)NC1CCC(C)CC1. The molecule has 0 radical (unpaired) electrons. The van der Waals surface area contributed by atoms with Gasteiger partial charge in [0.15, 0.2) is 11.7 Å². The zero-order valence-electron chi connectivity index (χ0n) is 13.4. The first kappa shape index (κ1) is 18.0. The van der Waals surface area contributed by atoms with Gasteiger partial charge < -0.3 is 10.6 Å². The fraction of sp³-hybridized carbons (Fsp3) is 0.733. The van der Waals surface area contributed by atoms with E-state index in [1.165, 1.54) is 12.8 Å². The molecule has 1 aromatic heterocycles. The molecule has 1 saturated carbocycles. The summed E-state index contributed by atoms with van der Waals surface area (Å²) in [4.78, 5) is 7.97. The molecule has 2 N–H and O–H groups in total. The Morgan fingerprint density at radius 1 is 1.35 bits per heavy atom. The van der Waals surface area contributed by atoms with Crippen molar-refractivity contribution < 1.29 is 13.2 Å². The van der Waals surface area contributed by atoms with Gasteiger partial charge in [0, 0.05) is 18.0 Å². The molecular weight excluding hydrogens is 325 g/mol. The van der Waals surface area contributed by atoms with Crippen LogP contribution in [0.5, 0.6) is 0 Å². The molecular formula is C15H23F3N4S. The van der Waals surface area contributed by atoms with Crippen LogP contribution >= 0.6 is 11.3 Å². The standard InChI is InChI=1S/C15H23F3N4S/c1-3-19-14(21-11-6-4-10(2)5-7-11)20-8-13-22-12(9-23-13)15(16,17)18/h9-11H,3-8H2,1-2H3,(H2,19,20,21). The Kier molecular flexibility index (Phi) is 6.26. The van der Waals surface area contributed by atoms with E-state index < -0.39 is 11.9 Å². The number of nitrogens with zero attached hydrogens (tertiary/aromatic N) is 2. The summed E-state index contributed by atoms with van der Waals surface area (Å²) < 4.78 is 37.6. The van der Waals surface area contributed by atoms with Crippen LogP contribution in [0.4, 0.5) is 13.2 Å². The van der Waals surface area contributed by atoms with Gasteiger partial charge in [-0.1, -0.05) is 6.92 Å². The monoisotopic (exact) mass is 348 g/mol. The number of rotatable bonds is 4. The van der Waals surface area contributed by atoms with Crippen molar-refractivity contribution in [2.75, 3.05) is 6.54 Å². The van der Waals surface area contributed by atoms with Crippen molar-refractivity contribution in [3.8, 4) is 0 Å². The molecule has 0 atom stereocenters. The van der Waals surface area contributed by atoms with Crippen LogP contribution in [0.15, 0.2) is 10.4 Å². The van der Waals surface area contributed by atoms with Gasteiger partial charge in [0.05, 0.1) is 6.54 Å². The van der Waals surface area contributed by atoms with Crippen molar-refractivity contribution in [1.82, 2.24) is 15.6 Å². The first-order chi connectivity index (χ1) is 10.9. The van der Waals surface area contributed by atoms with Crippen LogP contribution in [0.1, 0.15) is 50.2 Å². The van der Waals surface area contributed by atoms with Gasteiger partial charge >= 0.3 is 6.18 Å². The maximum atomic E-state index is 12.5. The lowest BCUT2D eigenvalue weighted by molar-refractivity contribution is -0.140. The lowest BCUT2D eigenvalue weighted by atomic mass is 9.87. The largest absolute Gasteiger partial charge is 0.434 e. The van der Waals surface area contributed by atoms with Crippen molar-refractivity contribution in [1.29, 1.82) is 0 Å². The summed E-state index contributed by atoms with van der Waals surface area (Å²) in [5.41, 5.74) is -0.841. The van der Waals surface area contributed by atoms with Gasteiger partial charge in [0.25, 0.3) is 0 Å². The number of nitrogens with one attached hydrogen (secondary N) is 2. The first-order valence-electron chi connectivity index (χ1n) is 7.95. The van der Waals surface area contributed by atoms with E-state index in [0.29, 0.717) is 23.6 Å². The van der Waals surface area contributed by atoms with E-state index in [4.69, 9.17) is 0 Å². The molecule has 2 rings (SSSR count). The Hall–Kier alpha value is -1.31. The van der Waals surface area contributed by atoms with Gasteiger partial charge in [0.2, 0.25) is 0 Å². The van der Waals surface area contributed by atoms with Gasteiger partial charge in [-0.05, 0) is 38.5 Å². The Balaban J connectivity index is 1.94. The maximum absolute atomic E-state index is 12.5. The highest BCUT2D eigenvalue weighted by Gasteiger charge is 2.33. The minimum atomic E-state index is -4.39. The van der Waals surface area contributed by atoms with E-state index in [2.05, 4.69) is 27.5 Å². The number of aliphatic imine (C=N–C) groups is 1. The summed E-state index contributed by atoms with van der Waals surface area (Å²) in [5.74, 6) is 1.42. The molecule has 1 aliphatic carbocycles. The van der Waals surface area contributed by atoms with Crippen LogP contribution in [0.3, 0.4) is 0 Å². The van der Waals surface area contributed by atoms with Gasteiger partial charge in [-0.2, -0.15) is 13.2 Å². The number of halogens is 3. The molecule has 0 bridgehead atoms. The second kappa shape index (κ2) is 7.99. The molecule has 0 spiro atoms. The molecule has 1 fully saturated rings. The number of hydrogen-bond donors (Lipinski definition) is 2. The fourth-order valence-corrected chi connectivity index (χ4v) is 3.30. The van der Waals surface area contributed by atoms with Crippen LogP contribution in [-0.4, -0.2) is 23.5 Å². The second-order valence-electron chi connectivity index (χ2n) is 5.92. The average molecular weight is 348 g/mol. The molecule has 23 heavy (non-hydrogen) atoms. The topological polar surface area (TPSA) is 49.3 Å². The van der Waals surface area contributed by atoms with Crippen LogP contribution in [0, 0.1) is 5.92 Å². The van der Waals surface area contributed by atoms with Crippen molar-refractivity contribution in [3.63, 3.8) is 0 Å². The summed E-state index contributed by atoms with van der Waals surface area (Å²) in [6.07, 6.45) is 0.194. The number of guanidine groups is 1. The zero-order chi connectivity index (χ0) is 16.9. The van der Waals surface area contributed by atoms with E-state index in [0.717, 1.165) is 35.5 Å². The van der Waals surface area contributed by atoms with Crippen LogP contribution in [0.2, 0.25) is 0 Å². The molecule has 130 valence electrons. The molecule has 1 aromatic rings. The van der Waals surface area contributed by atoms with Crippen molar-refractivity contribution in [2.45, 2.75) is 58.3 Å². The summed E-state index contributed by atoms with van der Waals surface area (Å²) in [7, 11) is 0. The molecule has 1 aliphatic rings. The highest BCUT2D eigenvalue weighted by Crippen LogP contribution is 2.30. The minimum absolute atomic E-state index is 0.152. The van der Waals surface area contributed by atoms with E-state index in [9.17, 15) is 13.2 Å². The van der Waals surface area contributed by atoms with E-state index in [1.54, 1.807) is 0 Å². The quantitative estimate of drug-likeness (QED) is 0.643. The highest BCUT2D eigenvalue weighted by atomic mass is 32.1. The molecule has 0 unspecified atom stereocenters. The Morgan fingerprint density at radius 3 is 2.61 bits per heavy atom. The fourth-order valence-electron chi connectivity index (χ4n) is 2.58. The third kappa shape index (κ3) is 5.67. The van der Waals surface area contributed by atoms with Crippen molar-refractivity contribution >= 4 is 17.3 Å². The Bertz CT molecular complexity index is 519. The molecule has 4 nitrogen and oxygen atoms in total. The molecule has 0 amide bonds. The predicted molar refractivity (Wildman–Crippen MR) is 86.5 cm³/mol.